The summed E-state index contributed by atoms with van der Waals surface area (Å²) in [6.45, 7) is 9.19. The van der Waals surface area contributed by atoms with Gasteiger partial charge in [-0.05, 0) is 50.5 Å². The van der Waals surface area contributed by atoms with Gasteiger partial charge in [-0.15, -0.1) is 0 Å². The van der Waals surface area contributed by atoms with Crippen molar-refractivity contribution in [2.75, 3.05) is 6.61 Å². The Morgan fingerprint density at radius 2 is 1.70 bits per heavy atom. The Hall–Kier alpha value is -0.860. The van der Waals surface area contributed by atoms with E-state index in [9.17, 15) is 5.11 Å². The lowest BCUT2D eigenvalue weighted by molar-refractivity contribution is -0.0380. The molecule has 112 valence electrons. The Morgan fingerprint density at radius 1 is 1.15 bits per heavy atom. The van der Waals surface area contributed by atoms with Crippen LogP contribution in [0.15, 0.2) is 18.2 Å². The molecule has 1 fully saturated rings. The van der Waals surface area contributed by atoms with E-state index in [1.807, 2.05) is 12.1 Å². The Balaban J connectivity index is 1.85. The first-order valence-corrected chi connectivity index (χ1v) is 7.74. The smallest absolute Gasteiger partial charge is 0.102 e. The summed E-state index contributed by atoms with van der Waals surface area (Å²) in [6.07, 6.45) is 4.49. The lowest BCUT2D eigenvalue weighted by atomic mass is 9.76. The third-order valence-electron chi connectivity index (χ3n) is 4.40. The van der Waals surface area contributed by atoms with Crippen LogP contribution in [0.5, 0.6) is 0 Å². The summed E-state index contributed by atoms with van der Waals surface area (Å²) in [6, 6.07) is 6.22. The van der Waals surface area contributed by atoms with Crippen LogP contribution in [0.1, 0.15) is 62.3 Å². The monoisotopic (exact) mass is 276 g/mol. The topological polar surface area (TPSA) is 29.5 Å². The lowest BCUT2D eigenvalue weighted by Gasteiger charge is -2.34. The molecule has 1 unspecified atom stereocenters. The normalized spacial score (nSPS) is 20.9. The second kappa shape index (κ2) is 6.28. The van der Waals surface area contributed by atoms with Gasteiger partial charge >= 0.3 is 0 Å². The Kier molecular flexibility index (Phi) is 4.87. The van der Waals surface area contributed by atoms with Gasteiger partial charge in [0.1, 0.15) is 6.10 Å². The zero-order chi connectivity index (χ0) is 14.8. The highest BCUT2D eigenvalue weighted by molar-refractivity contribution is 5.29. The first kappa shape index (κ1) is 15.5. The summed E-state index contributed by atoms with van der Waals surface area (Å²) >= 11 is 0. The second-order valence-corrected chi connectivity index (χ2v) is 7.13. The quantitative estimate of drug-likeness (QED) is 0.887. The van der Waals surface area contributed by atoms with Gasteiger partial charge in [-0.25, -0.2) is 0 Å². The van der Waals surface area contributed by atoms with E-state index >= 15 is 0 Å². The molecule has 0 spiro atoms. The molecular formula is C18H28O2. The molecule has 2 rings (SSSR count). The summed E-state index contributed by atoms with van der Waals surface area (Å²) in [7, 11) is 0. The molecule has 20 heavy (non-hydrogen) atoms. The number of aliphatic hydroxyl groups excluding tert-OH is 1. The number of aliphatic hydroxyl groups is 1. The van der Waals surface area contributed by atoms with Gasteiger partial charge in [0.15, 0.2) is 0 Å². The number of rotatable bonds is 4. The van der Waals surface area contributed by atoms with Gasteiger partial charge in [0.25, 0.3) is 0 Å². The van der Waals surface area contributed by atoms with Gasteiger partial charge < -0.3 is 9.84 Å². The van der Waals surface area contributed by atoms with E-state index in [1.54, 1.807) is 0 Å². The molecule has 1 atom stereocenters. The standard InChI is InChI=1S/C18H28O2/c1-13-9-14(2)11-15(10-13)17(19)12-20-16-5-7-18(3,4)8-6-16/h9-11,16-17,19H,5-8,12H2,1-4H3. The van der Waals surface area contributed by atoms with E-state index in [0.717, 1.165) is 18.4 Å². The van der Waals surface area contributed by atoms with Crippen molar-refractivity contribution < 1.29 is 9.84 Å². The van der Waals surface area contributed by atoms with Crippen molar-refractivity contribution in [3.05, 3.63) is 34.9 Å². The zero-order valence-corrected chi connectivity index (χ0v) is 13.3. The van der Waals surface area contributed by atoms with Gasteiger partial charge in [-0.2, -0.15) is 0 Å². The van der Waals surface area contributed by atoms with E-state index < -0.39 is 6.10 Å². The molecule has 0 aromatic heterocycles. The van der Waals surface area contributed by atoms with E-state index in [4.69, 9.17) is 4.74 Å². The predicted octanol–water partition coefficient (Wildman–Crippen LogP) is 4.32. The molecule has 1 aromatic rings. The van der Waals surface area contributed by atoms with Crippen LogP contribution < -0.4 is 0 Å². The van der Waals surface area contributed by atoms with Crippen molar-refractivity contribution in [2.24, 2.45) is 5.41 Å². The highest BCUT2D eigenvalue weighted by atomic mass is 16.5. The van der Waals surface area contributed by atoms with E-state index in [1.165, 1.54) is 24.0 Å². The predicted molar refractivity (Wildman–Crippen MR) is 82.9 cm³/mol. The molecule has 0 bridgehead atoms. The number of hydrogen-bond donors (Lipinski definition) is 1. The fourth-order valence-corrected chi connectivity index (χ4v) is 3.07. The Morgan fingerprint density at radius 3 is 2.25 bits per heavy atom. The molecule has 0 radical (unpaired) electrons. The average Bonchev–Trinajstić information content (AvgIpc) is 2.36. The van der Waals surface area contributed by atoms with E-state index in [2.05, 4.69) is 33.8 Å². The molecule has 1 N–H and O–H groups in total. The van der Waals surface area contributed by atoms with Gasteiger partial charge in [-0.1, -0.05) is 43.2 Å². The van der Waals surface area contributed by atoms with Crippen LogP contribution in [0.3, 0.4) is 0 Å². The van der Waals surface area contributed by atoms with Crippen LogP contribution in [0.2, 0.25) is 0 Å². The Bertz CT molecular complexity index is 420. The van der Waals surface area contributed by atoms with Gasteiger partial charge in [0.05, 0.1) is 12.7 Å². The average molecular weight is 276 g/mol. The molecule has 1 aliphatic rings. The minimum atomic E-state index is -0.511. The van der Waals surface area contributed by atoms with Crippen molar-refractivity contribution in [3.8, 4) is 0 Å². The van der Waals surface area contributed by atoms with Crippen LogP contribution in [-0.2, 0) is 4.74 Å². The summed E-state index contributed by atoms with van der Waals surface area (Å²) in [5.41, 5.74) is 3.82. The SMILES string of the molecule is Cc1cc(C)cc(C(O)COC2CCC(C)(C)CC2)c1. The third kappa shape index (κ3) is 4.32. The molecule has 0 heterocycles. The summed E-state index contributed by atoms with van der Waals surface area (Å²) in [5, 5.41) is 10.3. The maximum atomic E-state index is 10.3. The van der Waals surface area contributed by atoms with Gasteiger partial charge in [0.2, 0.25) is 0 Å². The largest absolute Gasteiger partial charge is 0.386 e. The van der Waals surface area contributed by atoms with Gasteiger partial charge in [-0.3, -0.25) is 0 Å². The summed E-state index contributed by atoms with van der Waals surface area (Å²) < 4.78 is 5.92. The number of benzene rings is 1. The number of hydrogen-bond acceptors (Lipinski definition) is 2. The van der Waals surface area contributed by atoms with Gasteiger partial charge in [0, 0.05) is 0 Å². The van der Waals surface area contributed by atoms with Crippen molar-refractivity contribution in [1.29, 1.82) is 0 Å². The fraction of sp³-hybridized carbons (Fsp3) is 0.667. The molecule has 0 aliphatic heterocycles. The van der Waals surface area contributed by atoms with Crippen LogP contribution in [0, 0.1) is 19.3 Å². The van der Waals surface area contributed by atoms with E-state index in [-0.39, 0.29) is 0 Å². The summed E-state index contributed by atoms with van der Waals surface area (Å²) in [4.78, 5) is 0. The first-order chi connectivity index (χ1) is 9.35. The van der Waals surface area contributed by atoms with E-state index in [0.29, 0.717) is 18.1 Å². The highest BCUT2D eigenvalue weighted by Gasteiger charge is 2.27. The molecule has 1 aromatic carbocycles. The molecule has 1 aliphatic carbocycles. The van der Waals surface area contributed by atoms with Crippen molar-refractivity contribution in [2.45, 2.75) is 65.6 Å². The maximum Gasteiger partial charge on any atom is 0.102 e. The van der Waals surface area contributed by atoms with Crippen molar-refractivity contribution in [3.63, 3.8) is 0 Å². The third-order valence-corrected chi connectivity index (χ3v) is 4.40. The molecular weight excluding hydrogens is 248 g/mol. The zero-order valence-electron chi connectivity index (χ0n) is 13.3. The second-order valence-electron chi connectivity index (χ2n) is 7.13. The first-order valence-electron chi connectivity index (χ1n) is 7.74. The number of ether oxygens (including phenoxy) is 1. The lowest BCUT2D eigenvalue weighted by Crippen LogP contribution is -2.27. The highest BCUT2D eigenvalue weighted by Crippen LogP contribution is 2.36. The minimum absolute atomic E-state index is 0.323. The van der Waals surface area contributed by atoms with Crippen LogP contribution >= 0.6 is 0 Å². The number of aryl methyl sites for hydroxylation is 2. The maximum absolute atomic E-state index is 10.3. The molecule has 2 heteroatoms. The van der Waals surface area contributed by atoms with Crippen LogP contribution in [0.25, 0.3) is 0 Å². The Labute approximate surface area is 123 Å². The fourth-order valence-electron chi connectivity index (χ4n) is 3.07. The van der Waals surface area contributed by atoms with Crippen molar-refractivity contribution >= 4 is 0 Å². The van der Waals surface area contributed by atoms with Crippen LogP contribution in [-0.4, -0.2) is 17.8 Å². The minimum Gasteiger partial charge on any atom is -0.386 e. The van der Waals surface area contributed by atoms with Crippen molar-refractivity contribution in [1.82, 2.24) is 0 Å². The van der Waals surface area contributed by atoms with Crippen LogP contribution in [0.4, 0.5) is 0 Å². The molecule has 1 saturated carbocycles. The molecule has 0 saturated heterocycles. The molecule has 2 nitrogen and oxygen atoms in total. The molecule has 0 amide bonds. The summed E-state index contributed by atoms with van der Waals surface area (Å²) in [5.74, 6) is 0.